The Kier molecular flexibility index (Phi) is 3.99. The van der Waals surface area contributed by atoms with Crippen molar-refractivity contribution in [3.05, 3.63) is 51.7 Å². The van der Waals surface area contributed by atoms with Crippen LogP contribution in [0.15, 0.2) is 36.4 Å². The van der Waals surface area contributed by atoms with Gasteiger partial charge in [0.25, 0.3) is 0 Å². The summed E-state index contributed by atoms with van der Waals surface area (Å²) in [6.45, 7) is 0.364. The summed E-state index contributed by atoms with van der Waals surface area (Å²) in [4.78, 5) is 11.7. The largest absolute Gasteiger partial charge is 0.477 e. The van der Waals surface area contributed by atoms with Gasteiger partial charge in [0.1, 0.15) is 4.88 Å². The van der Waals surface area contributed by atoms with Crippen molar-refractivity contribution < 1.29 is 23.1 Å². The third-order valence-corrected chi connectivity index (χ3v) is 3.62. The zero-order valence-corrected chi connectivity index (χ0v) is 10.9. The maximum absolute atomic E-state index is 12.4. The summed E-state index contributed by atoms with van der Waals surface area (Å²) in [7, 11) is 0. The van der Waals surface area contributed by atoms with Crippen LogP contribution in [-0.2, 0) is 12.7 Å². The highest BCUT2D eigenvalue weighted by Gasteiger charge is 2.29. The van der Waals surface area contributed by atoms with Crippen molar-refractivity contribution in [2.75, 3.05) is 5.32 Å². The maximum Gasteiger partial charge on any atom is 0.416 e. The van der Waals surface area contributed by atoms with E-state index < -0.39 is 17.7 Å². The Labute approximate surface area is 116 Å². The molecule has 7 heteroatoms. The second kappa shape index (κ2) is 5.54. The lowest BCUT2D eigenvalue weighted by atomic mass is 10.2. The first-order valence-electron chi connectivity index (χ1n) is 5.59. The monoisotopic (exact) mass is 301 g/mol. The molecule has 3 nitrogen and oxygen atoms in total. The topological polar surface area (TPSA) is 49.3 Å². The molecule has 1 aromatic heterocycles. The van der Waals surface area contributed by atoms with E-state index in [1.165, 1.54) is 18.2 Å². The number of rotatable bonds is 4. The van der Waals surface area contributed by atoms with Gasteiger partial charge in [-0.15, -0.1) is 11.3 Å². The van der Waals surface area contributed by atoms with Gasteiger partial charge in [-0.1, -0.05) is 0 Å². The van der Waals surface area contributed by atoms with Gasteiger partial charge in [0.15, 0.2) is 0 Å². The number of carboxylic acids is 1. The molecule has 0 saturated carbocycles. The summed E-state index contributed by atoms with van der Waals surface area (Å²) in [6.07, 6.45) is -4.34. The number of carbonyl (C=O) groups is 1. The van der Waals surface area contributed by atoms with Crippen LogP contribution in [0.5, 0.6) is 0 Å². The molecule has 0 atom stereocenters. The Morgan fingerprint density at radius 3 is 2.30 bits per heavy atom. The zero-order valence-electron chi connectivity index (χ0n) is 10.1. The molecule has 0 aliphatic carbocycles. The first kappa shape index (κ1) is 14.4. The average molecular weight is 301 g/mol. The van der Waals surface area contributed by atoms with Crippen LogP contribution in [0.3, 0.4) is 0 Å². The minimum atomic E-state index is -4.34. The van der Waals surface area contributed by atoms with Crippen LogP contribution in [-0.4, -0.2) is 11.1 Å². The molecule has 0 aliphatic rings. The summed E-state index contributed by atoms with van der Waals surface area (Å²) in [5, 5.41) is 11.7. The van der Waals surface area contributed by atoms with Gasteiger partial charge < -0.3 is 10.4 Å². The van der Waals surface area contributed by atoms with Crippen molar-refractivity contribution in [2.24, 2.45) is 0 Å². The van der Waals surface area contributed by atoms with Crippen LogP contribution in [0.25, 0.3) is 0 Å². The summed E-state index contributed by atoms with van der Waals surface area (Å²) < 4.78 is 37.1. The molecule has 0 fully saturated rings. The van der Waals surface area contributed by atoms with Gasteiger partial charge in [0.2, 0.25) is 0 Å². The lowest BCUT2D eigenvalue weighted by molar-refractivity contribution is -0.137. The molecular weight excluding hydrogens is 291 g/mol. The molecule has 1 heterocycles. The van der Waals surface area contributed by atoms with E-state index in [0.717, 1.165) is 28.3 Å². The number of carboxylic acid groups (broad SMARTS) is 1. The molecule has 0 bridgehead atoms. The second-order valence-electron chi connectivity index (χ2n) is 4.00. The zero-order chi connectivity index (χ0) is 14.8. The number of anilines is 1. The standard InChI is InChI=1S/C13H10F3NO2S/c14-13(15,16)8-1-3-9(4-2-8)17-7-10-5-6-11(20-10)12(18)19/h1-6,17H,7H2,(H,18,19). The van der Waals surface area contributed by atoms with E-state index in [1.807, 2.05) is 0 Å². The molecule has 0 spiro atoms. The highest BCUT2D eigenvalue weighted by atomic mass is 32.1. The molecule has 2 rings (SSSR count). The van der Waals surface area contributed by atoms with Crippen LogP contribution in [0.1, 0.15) is 20.1 Å². The third kappa shape index (κ3) is 3.51. The smallest absolute Gasteiger partial charge is 0.416 e. The quantitative estimate of drug-likeness (QED) is 0.894. The number of hydrogen-bond acceptors (Lipinski definition) is 3. The molecule has 2 N–H and O–H groups in total. The van der Waals surface area contributed by atoms with Gasteiger partial charge in [-0.3, -0.25) is 0 Å². The molecule has 1 aromatic carbocycles. The highest BCUT2D eigenvalue weighted by Crippen LogP contribution is 2.30. The van der Waals surface area contributed by atoms with E-state index in [9.17, 15) is 18.0 Å². The molecule has 106 valence electrons. The van der Waals surface area contributed by atoms with Crippen LogP contribution >= 0.6 is 11.3 Å². The summed E-state index contributed by atoms with van der Waals surface area (Å²) >= 11 is 1.13. The number of thiophene rings is 1. The fourth-order valence-corrected chi connectivity index (χ4v) is 2.34. The molecular formula is C13H10F3NO2S. The van der Waals surface area contributed by atoms with Crippen molar-refractivity contribution in [3.63, 3.8) is 0 Å². The number of hydrogen-bond donors (Lipinski definition) is 2. The van der Waals surface area contributed by atoms with Crippen molar-refractivity contribution in [1.82, 2.24) is 0 Å². The number of aromatic carboxylic acids is 1. The van der Waals surface area contributed by atoms with Gasteiger partial charge in [0.05, 0.1) is 5.56 Å². The Balaban J connectivity index is 1.98. The predicted octanol–water partition coefficient (Wildman–Crippen LogP) is 4.08. The van der Waals surface area contributed by atoms with Crippen LogP contribution < -0.4 is 5.32 Å². The third-order valence-electron chi connectivity index (χ3n) is 2.55. The van der Waals surface area contributed by atoms with E-state index in [1.54, 1.807) is 6.07 Å². The lowest BCUT2D eigenvalue weighted by Gasteiger charge is -2.08. The number of alkyl halides is 3. The van der Waals surface area contributed by atoms with E-state index in [4.69, 9.17) is 5.11 Å². The van der Waals surface area contributed by atoms with E-state index >= 15 is 0 Å². The van der Waals surface area contributed by atoms with Gasteiger partial charge in [-0.2, -0.15) is 13.2 Å². The van der Waals surface area contributed by atoms with E-state index in [0.29, 0.717) is 12.2 Å². The van der Waals surface area contributed by atoms with Crippen molar-refractivity contribution in [1.29, 1.82) is 0 Å². The Morgan fingerprint density at radius 1 is 1.15 bits per heavy atom. The van der Waals surface area contributed by atoms with E-state index in [-0.39, 0.29) is 4.88 Å². The minimum Gasteiger partial charge on any atom is -0.477 e. The fourth-order valence-electron chi connectivity index (χ4n) is 1.55. The molecule has 0 radical (unpaired) electrons. The van der Waals surface area contributed by atoms with Crippen molar-refractivity contribution >= 4 is 23.0 Å². The lowest BCUT2D eigenvalue weighted by Crippen LogP contribution is -2.05. The first-order chi connectivity index (χ1) is 9.36. The second-order valence-corrected chi connectivity index (χ2v) is 5.17. The number of benzene rings is 1. The summed E-state index contributed by atoms with van der Waals surface area (Å²) in [6, 6.07) is 7.85. The predicted molar refractivity (Wildman–Crippen MR) is 70.0 cm³/mol. The van der Waals surface area contributed by atoms with Crippen LogP contribution in [0.2, 0.25) is 0 Å². The van der Waals surface area contributed by atoms with Crippen LogP contribution in [0.4, 0.5) is 18.9 Å². The summed E-state index contributed by atoms with van der Waals surface area (Å²) in [5.74, 6) is -0.990. The van der Waals surface area contributed by atoms with Gasteiger partial charge in [-0.25, -0.2) is 4.79 Å². The van der Waals surface area contributed by atoms with Gasteiger partial charge in [0, 0.05) is 17.1 Å². The number of halogens is 3. The molecule has 0 unspecified atom stereocenters. The van der Waals surface area contributed by atoms with Crippen LogP contribution in [0, 0.1) is 0 Å². The molecule has 2 aromatic rings. The normalized spacial score (nSPS) is 11.3. The molecule has 0 aliphatic heterocycles. The van der Waals surface area contributed by atoms with Crippen molar-refractivity contribution in [2.45, 2.75) is 12.7 Å². The molecule has 20 heavy (non-hydrogen) atoms. The summed E-state index contributed by atoms with van der Waals surface area (Å²) in [5.41, 5.74) is -0.157. The highest BCUT2D eigenvalue weighted by molar-refractivity contribution is 7.13. The van der Waals surface area contributed by atoms with Gasteiger partial charge in [-0.05, 0) is 36.4 Å². The Morgan fingerprint density at radius 2 is 1.80 bits per heavy atom. The Hall–Kier alpha value is -2.02. The van der Waals surface area contributed by atoms with E-state index in [2.05, 4.69) is 5.32 Å². The maximum atomic E-state index is 12.4. The molecule has 0 saturated heterocycles. The SMILES string of the molecule is O=C(O)c1ccc(CNc2ccc(C(F)(F)F)cc2)s1. The average Bonchev–Trinajstić information content (AvgIpc) is 2.85. The molecule has 0 amide bonds. The fraction of sp³-hybridized carbons (Fsp3) is 0.154. The van der Waals surface area contributed by atoms with Crippen molar-refractivity contribution in [3.8, 4) is 0 Å². The van der Waals surface area contributed by atoms with Gasteiger partial charge >= 0.3 is 12.1 Å². The number of nitrogens with one attached hydrogen (secondary N) is 1. The first-order valence-corrected chi connectivity index (χ1v) is 6.41. The Bertz CT molecular complexity index is 605. The minimum absolute atomic E-state index is 0.231.